The number of ether oxygens (including phenoxy) is 15. The van der Waals surface area contributed by atoms with E-state index in [0.29, 0.717) is 115 Å². The summed E-state index contributed by atoms with van der Waals surface area (Å²) in [7, 11) is 6.18. The van der Waals surface area contributed by atoms with Gasteiger partial charge in [0.2, 0.25) is 29.9 Å². The number of aliphatic hydroxyl groups excluding tert-OH is 1. The van der Waals surface area contributed by atoms with Gasteiger partial charge in [0.15, 0.2) is 11.9 Å². The van der Waals surface area contributed by atoms with E-state index in [1.807, 2.05) is 66.7 Å². The Labute approximate surface area is 663 Å². The molecule has 4 N–H and O–H groups in total. The molecule has 2 fully saturated rings. The highest BCUT2D eigenvalue weighted by atomic mass is 16.7. The second-order valence-corrected chi connectivity index (χ2v) is 30.4. The molecule has 2 saturated heterocycles. The number of hydrogen-bond donors (Lipinski definition) is 4. The Hall–Kier alpha value is -6.72. The maximum absolute atomic E-state index is 15.1. The Morgan fingerprint density at radius 1 is 0.688 bits per heavy atom. The van der Waals surface area contributed by atoms with Crippen molar-refractivity contribution in [2.75, 3.05) is 152 Å². The third-order valence-electron chi connectivity index (χ3n) is 20.1. The minimum absolute atomic E-state index is 0.00806. The van der Waals surface area contributed by atoms with E-state index in [9.17, 15) is 38.7 Å². The van der Waals surface area contributed by atoms with Gasteiger partial charge in [0.05, 0.1) is 167 Å². The third kappa shape index (κ3) is 34.0. The van der Waals surface area contributed by atoms with Crippen LogP contribution in [0.4, 0.5) is 15.3 Å². The van der Waals surface area contributed by atoms with E-state index in [4.69, 9.17) is 75.9 Å². The zero-order chi connectivity index (χ0) is 83.0. The number of nitrogens with one attached hydrogen (secondary N) is 3. The predicted molar refractivity (Wildman–Crippen MR) is 415 cm³/mol. The second-order valence-electron chi connectivity index (χ2n) is 30.4. The number of likely N-dealkylation sites (tertiary alicyclic amines) is 1. The fourth-order valence-electron chi connectivity index (χ4n) is 13.5. The molecular weight excluding hydrogens is 1460 g/mol. The standard InChI is InChI=1S/C81H134N6O25/c1-20-54(6)72(68(97-18)49-70(91)87-30-24-27-65(87)74(98-19)57(9)76(93)82-58(10)73(92)61-25-22-21-23-26-61)85(16)77(94)64(52(2)3)48-66(89)71(53(4)5)86(17)80(96)107-50-62-47-63(28-29-67(62)111-78-75(110-60(12)88)56(8)55(7)59(11)109-78)83-69(90)51-106-44-43-104-40-39-102-36-35-100-32-31-99-33-34-101-37-38-103-41-42-105-45-46-108-84-79(95)112-81(13,14)15/h21-23,25-26,28-29,47,52-59,64-65,68,71-75,78,92H,20,24,27,30-46,48-51H2,1-19H3,(H,82,93)(H,83,90)(H,84,95)/t54-,55-,56-,57+,58+,59?,64-,65-,68+,71-,72-,73+,74+,75?,78-/m0/s1. The molecule has 4 rings (SSSR count). The van der Waals surface area contributed by atoms with E-state index >= 15 is 4.79 Å². The fourth-order valence-corrected chi connectivity index (χ4v) is 13.5. The van der Waals surface area contributed by atoms with Gasteiger partial charge in [-0.25, -0.2) is 9.59 Å². The van der Waals surface area contributed by atoms with Gasteiger partial charge in [-0.05, 0) is 94.9 Å². The summed E-state index contributed by atoms with van der Waals surface area (Å²) >= 11 is 0. The lowest BCUT2D eigenvalue weighted by Gasteiger charge is -2.42. The van der Waals surface area contributed by atoms with Gasteiger partial charge in [-0.3, -0.25) is 33.6 Å². The van der Waals surface area contributed by atoms with Crippen LogP contribution in [0, 0.1) is 41.4 Å². The van der Waals surface area contributed by atoms with Gasteiger partial charge in [0, 0.05) is 71.3 Å². The maximum atomic E-state index is 15.1. The molecule has 31 nitrogen and oxygen atoms in total. The number of aliphatic hydroxyl groups is 1. The first-order chi connectivity index (χ1) is 53.3. The van der Waals surface area contributed by atoms with Gasteiger partial charge in [-0.1, -0.05) is 99.1 Å². The summed E-state index contributed by atoms with van der Waals surface area (Å²) in [5.74, 6) is -4.75. The number of rotatable bonds is 54. The van der Waals surface area contributed by atoms with Crippen LogP contribution in [-0.2, 0) is 107 Å². The van der Waals surface area contributed by atoms with E-state index in [1.165, 1.54) is 33.1 Å². The topological polar surface area (TPSA) is 350 Å². The molecule has 15 atom stereocenters. The molecule has 112 heavy (non-hydrogen) atoms. The molecule has 2 aliphatic heterocycles. The number of Topliss-reactive ketones (excluding diaryl/α,β-unsaturated/α-hetero) is 1. The number of ketones is 1. The molecule has 0 aromatic heterocycles. The highest BCUT2D eigenvalue weighted by molar-refractivity contribution is 5.93. The molecule has 0 bridgehead atoms. The Morgan fingerprint density at radius 2 is 1.24 bits per heavy atom. The van der Waals surface area contributed by atoms with Crippen LogP contribution in [0.3, 0.4) is 0 Å². The zero-order valence-electron chi connectivity index (χ0n) is 70.0. The van der Waals surface area contributed by atoms with E-state index in [-0.39, 0.29) is 112 Å². The van der Waals surface area contributed by atoms with Crippen LogP contribution in [-0.4, -0.2) is 275 Å². The number of benzene rings is 2. The Morgan fingerprint density at radius 3 is 1.75 bits per heavy atom. The van der Waals surface area contributed by atoms with Crippen LogP contribution in [0.5, 0.6) is 5.75 Å². The SMILES string of the molecule is CC[C@H](C)[C@@H]([C@@H](CC(=O)N1CCC[C@H]1[C@H](OC)[C@@H](C)C(=O)N[C@H](C)[C@@H](O)c1ccccc1)OC)N(C)C(=O)[C@@H](CC(=O)[C@H](C(C)C)N(C)C(=O)OCc1cc(NC(=O)COCCOCCOCCOCCOCCOCCOCCOCCONC(=O)OC(C)(C)C)ccc1O[C@@H]1OC(C)[C@@H](C)[C@H](C)C1OC(C)=O)C(C)C. The first-order valence-electron chi connectivity index (χ1n) is 39.5. The van der Waals surface area contributed by atoms with Gasteiger partial charge < -0.3 is 101 Å². The molecule has 0 aliphatic carbocycles. The van der Waals surface area contributed by atoms with Crippen molar-refractivity contribution in [3.8, 4) is 5.75 Å². The van der Waals surface area contributed by atoms with Gasteiger partial charge in [0.1, 0.15) is 24.6 Å². The number of likely N-dealkylation sites (N-methyl/N-ethyl adjacent to an activating group) is 2. The van der Waals surface area contributed by atoms with Crippen molar-refractivity contribution in [2.24, 2.45) is 41.4 Å². The molecule has 2 aliphatic rings. The van der Waals surface area contributed by atoms with Crippen molar-refractivity contribution < 1.29 is 119 Å². The van der Waals surface area contributed by atoms with Crippen molar-refractivity contribution in [2.45, 2.75) is 209 Å². The number of amides is 6. The van der Waals surface area contributed by atoms with Crippen molar-refractivity contribution >= 4 is 53.3 Å². The summed E-state index contributed by atoms with van der Waals surface area (Å²) in [6.07, 6.45) is -4.50. The minimum Gasteiger partial charge on any atom is -0.460 e. The highest BCUT2D eigenvalue weighted by Gasteiger charge is 2.46. The molecule has 638 valence electrons. The molecule has 2 aromatic rings. The zero-order valence-corrected chi connectivity index (χ0v) is 70.0. The summed E-state index contributed by atoms with van der Waals surface area (Å²) in [6, 6.07) is 11.1. The summed E-state index contributed by atoms with van der Waals surface area (Å²) in [5, 5.41) is 16.8. The lowest BCUT2D eigenvalue weighted by molar-refractivity contribution is -0.243. The minimum atomic E-state index is -1.07. The van der Waals surface area contributed by atoms with E-state index in [0.717, 1.165) is 0 Å². The average Bonchev–Trinajstić information content (AvgIpc) is 1.03. The maximum Gasteiger partial charge on any atom is 0.431 e. The Balaban J connectivity index is 1.29. The lowest BCUT2D eigenvalue weighted by atomic mass is 9.83. The molecule has 2 unspecified atom stereocenters. The van der Waals surface area contributed by atoms with Gasteiger partial charge >= 0.3 is 18.2 Å². The predicted octanol–water partition coefficient (Wildman–Crippen LogP) is 8.52. The van der Waals surface area contributed by atoms with Gasteiger partial charge in [-0.15, -0.1) is 0 Å². The van der Waals surface area contributed by atoms with E-state index in [1.54, 1.807) is 95.6 Å². The van der Waals surface area contributed by atoms with Crippen molar-refractivity contribution in [1.82, 2.24) is 25.5 Å². The molecule has 0 saturated carbocycles. The Bertz CT molecular complexity index is 3090. The number of methoxy groups -OCH3 is 2. The first-order valence-corrected chi connectivity index (χ1v) is 39.5. The van der Waals surface area contributed by atoms with Crippen molar-refractivity contribution in [3.05, 3.63) is 59.7 Å². The molecule has 0 radical (unpaired) electrons. The van der Waals surface area contributed by atoms with E-state index in [2.05, 4.69) is 16.1 Å². The van der Waals surface area contributed by atoms with Crippen molar-refractivity contribution in [3.63, 3.8) is 0 Å². The second kappa shape index (κ2) is 52.0. The third-order valence-corrected chi connectivity index (χ3v) is 20.1. The quantitative estimate of drug-likeness (QED) is 0.0208. The monoisotopic (exact) mass is 1590 g/mol. The number of nitrogens with zero attached hydrogens (tertiary/aromatic N) is 3. The lowest BCUT2D eigenvalue weighted by Crippen LogP contribution is -2.55. The van der Waals surface area contributed by atoms with Crippen LogP contribution in [0.2, 0.25) is 0 Å². The highest BCUT2D eigenvalue weighted by Crippen LogP contribution is 2.37. The molecular formula is C81H134N6O25. The number of carbonyl (C=O) groups excluding carboxylic acids is 8. The smallest absolute Gasteiger partial charge is 0.431 e. The van der Waals surface area contributed by atoms with Crippen LogP contribution < -0.4 is 20.9 Å². The van der Waals surface area contributed by atoms with Crippen LogP contribution >= 0.6 is 0 Å². The summed E-state index contributed by atoms with van der Waals surface area (Å²) in [4.78, 5) is 120. The van der Waals surface area contributed by atoms with Gasteiger partial charge in [0.25, 0.3) is 0 Å². The molecule has 2 heterocycles. The Kier molecular flexibility index (Phi) is 45.3. The number of hydroxylamine groups is 1. The fraction of sp³-hybridized carbons (Fsp3) is 0.753. The molecule has 2 aromatic carbocycles. The molecule has 31 heteroatoms. The summed E-state index contributed by atoms with van der Waals surface area (Å²) in [6.45, 7) is 32.1. The number of hydrogen-bond acceptors (Lipinski definition) is 25. The van der Waals surface area contributed by atoms with E-state index < -0.39 is 109 Å². The normalized spacial score (nSPS) is 19.6. The largest absolute Gasteiger partial charge is 0.460 e. The van der Waals surface area contributed by atoms with Gasteiger partial charge in [-0.2, -0.15) is 5.48 Å². The number of anilines is 1. The number of esters is 1. The van der Waals surface area contributed by atoms with Crippen LogP contribution in [0.1, 0.15) is 153 Å². The first kappa shape index (κ1) is 97.6. The molecule has 6 amide bonds. The molecule has 0 spiro atoms. The van der Waals surface area contributed by atoms with Crippen LogP contribution in [0.25, 0.3) is 0 Å². The van der Waals surface area contributed by atoms with Crippen LogP contribution in [0.15, 0.2) is 48.5 Å². The number of carbonyl (C=O) groups is 8. The van der Waals surface area contributed by atoms with Crippen molar-refractivity contribution in [1.29, 1.82) is 0 Å². The summed E-state index contributed by atoms with van der Waals surface area (Å²) in [5.41, 5.74) is 2.85. The average molecular weight is 1590 g/mol. The summed E-state index contributed by atoms with van der Waals surface area (Å²) < 4.78 is 86.1.